The Labute approximate surface area is 129 Å². The highest BCUT2D eigenvalue weighted by Crippen LogP contribution is 2.32. The second kappa shape index (κ2) is 5.52. The van der Waals surface area contributed by atoms with Crippen molar-refractivity contribution in [1.29, 1.82) is 0 Å². The van der Waals surface area contributed by atoms with E-state index in [2.05, 4.69) is 10.3 Å². The Morgan fingerprint density at radius 2 is 1.95 bits per heavy atom. The quantitative estimate of drug-likeness (QED) is 0.919. The molecule has 3 aliphatic rings. The van der Waals surface area contributed by atoms with Crippen LogP contribution < -0.4 is 5.32 Å². The first-order valence-corrected chi connectivity index (χ1v) is 8.03. The zero-order chi connectivity index (χ0) is 15.0. The molecule has 0 bridgehead atoms. The van der Waals surface area contributed by atoms with E-state index in [0.717, 1.165) is 18.5 Å². The number of likely N-dealkylation sites (tertiary alicyclic amines) is 1. The molecule has 22 heavy (non-hydrogen) atoms. The lowest BCUT2D eigenvalue weighted by molar-refractivity contribution is -0.181. The Balaban J connectivity index is 1.41. The van der Waals surface area contributed by atoms with Gasteiger partial charge in [-0.25, -0.2) is 0 Å². The van der Waals surface area contributed by atoms with Crippen LogP contribution in [0.2, 0.25) is 0 Å². The average molecular weight is 303 g/mol. The van der Waals surface area contributed by atoms with E-state index in [9.17, 15) is 4.79 Å². The van der Waals surface area contributed by atoms with E-state index < -0.39 is 5.79 Å². The normalized spacial score (nSPS) is 23.7. The van der Waals surface area contributed by atoms with Crippen LogP contribution in [-0.2, 0) is 9.47 Å². The first-order valence-electron chi connectivity index (χ1n) is 8.03. The highest BCUT2D eigenvalue weighted by atomic mass is 16.7. The Morgan fingerprint density at radius 1 is 1.23 bits per heavy atom. The molecule has 6 heteroatoms. The highest BCUT2D eigenvalue weighted by molar-refractivity contribution is 5.94. The van der Waals surface area contributed by atoms with Gasteiger partial charge in [0.05, 0.1) is 24.5 Å². The van der Waals surface area contributed by atoms with Crippen molar-refractivity contribution in [2.24, 2.45) is 0 Å². The number of hydrogen-bond acceptors (Lipinski definition) is 5. The van der Waals surface area contributed by atoms with Gasteiger partial charge in [-0.3, -0.25) is 9.78 Å². The minimum atomic E-state index is -0.440. The first-order chi connectivity index (χ1) is 10.7. The summed E-state index contributed by atoms with van der Waals surface area (Å²) < 4.78 is 11.4. The zero-order valence-electron chi connectivity index (χ0n) is 12.6. The molecule has 1 spiro atoms. The number of piperidine rings is 1. The topological polar surface area (TPSA) is 63.7 Å². The van der Waals surface area contributed by atoms with Crippen LogP contribution in [-0.4, -0.2) is 53.9 Å². The number of rotatable bonds is 3. The van der Waals surface area contributed by atoms with Gasteiger partial charge in [0.15, 0.2) is 5.79 Å². The van der Waals surface area contributed by atoms with Gasteiger partial charge >= 0.3 is 0 Å². The third-order valence-electron chi connectivity index (χ3n) is 4.56. The summed E-state index contributed by atoms with van der Waals surface area (Å²) in [4.78, 5) is 18.7. The molecule has 0 aromatic carbocycles. The number of anilines is 1. The zero-order valence-corrected chi connectivity index (χ0v) is 12.6. The molecule has 2 aliphatic heterocycles. The Hall–Kier alpha value is -1.66. The summed E-state index contributed by atoms with van der Waals surface area (Å²) >= 11 is 0. The summed E-state index contributed by atoms with van der Waals surface area (Å²) in [5.74, 6) is -0.399. The van der Waals surface area contributed by atoms with Crippen molar-refractivity contribution in [1.82, 2.24) is 9.88 Å². The molecule has 0 atom stereocenters. The number of hydrogen-bond donors (Lipinski definition) is 1. The lowest BCUT2D eigenvalue weighted by Crippen LogP contribution is -2.47. The fourth-order valence-corrected chi connectivity index (χ4v) is 3.12. The lowest BCUT2D eigenvalue weighted by Gasteiger charge is -2.37. The van der Waals surface area contributed by atoms with Crippen molar-refractivity contribution in [3.05, 3.63) is 24.0 Å². The van der Waals surface area contributed by atoms with E-state index in [-0.39, 0.29) is 5.91 Å². The maximum Gasteiger partial charge on any atom is 0.255 e. The molecule has 2 saturated heterocycles. The molecule has 118 valence electrons. The molecule has 1 aliphatic carbocycles. The van der Waals surface area contributed by atoms with Crippen molar-refractivity contribution in [2.75, 3.05) is 31.6 Å². The molecule has 1 amide bonds. The minimum Gasteiger partial charge on any atom is -0.381 e. The van der Waals surface area contributed by atoms with E-state index in [1.807, 2.05) is 11.0 Å². The molecular weight excluding hydrogens is 282 g/mol. The molecule has 1 aromatic rings. The second-order valence-corrected chi connectivity index (χ2v) is 6.28. The first kappa shape index (κ1) is 14.0. The predicted octanol–water partition coefficient (Wildman–Crippen LogP) is 1.63. The van der Waals surface area contributed by atoms with Gasteiger partial charge in [-0.15, -0.1) is 0 Å². The molecule has 6 nitrogen and oxygen atoms in total. The third-order valence-corrected chi connectivity index (χ3v) is 4.56. The van der Waals surface area contributed by atoms with Crippen molar-refractivity contribution >= 4 is 11.6 Å². The number of nitrogens with one attached hydrogen (secondary N) is 1. The fourth-order valence-electron chi connectivity index (χ4n) is 3.12. The van der Waals surface area contributed by atoms with Gasteiger partial charge in [0.1, 0.15) is 0 Å². The van der Waals surface area contributed by atoms with Crippen molar-refractivity contribution in [2.45, 2.75) is 37.5 Å². The summed E-state index contributed by atoms with van der Waals surface area (Å²) in [6.07, 6.45) is 7.31. The molecule has 1 saturated carbocycles. The largest absolute Gasteiger partial charge is 0.381 e. The standard InChI is InChI=1S/C16H21N3O3/c20-15(12-9-14(11-17-10-12)18-13-1-2-13)19-5-3-16(4-6-19)21-7-8-22-16/h9-11,13,18H,1-8H2. The summed E-state index contributed by atoms with van der Waals surface area (Å²) in [5, 5.41) is 3.38. The second-order valence-electron chi connectivity index (χ2n) is 6.28. The third kappa shape index (κ3) is 2.80. The van der Waals surface area contributed by atoms with Crippen LogP contribution in [0.25, 0.3) is 0 Å². The number of carbonyl (C=O) groups is 1. The van der Waals surface area contributed by atoms with Crippen molar-refractivity contribution in [3.63, 3.8) is 0 Å². The van der Waals surface area contributed by atoms with Crippen molar-refractivity contribution in [3.8, 4) is 0 Å². The summed E-state index contributed by atoms with van der Waals surface area (Å²) in [5.41, 5.74) is 1.58. The van der Waals surface area contributed by atoms with Gasteiger partial charge in [-0.1, -0.05) is 0 Å². The Kier molecular flexibility index (Phi) is 3.50. The summed E-state index contributed by atoms with van der Waals surface area (Å²) in [6, 6.07) is 2.46. The van der Waals surface area contributed by atoms with Gasteiger partial charge in [-0.2, -0.15) is 0 Å². The molecular formula is C16H21N3O3. The number of pyridine rings is 1. The monoisotopic (exact) mass is 303 g/mol. The predicted molar refractivity (Wildman–Crippen MR) is 80.7 cm³/mol. The van der Waals surface area contributed by atoms with Crippen LogP contribution in [0.3, 0.4) is 0 Å². The van der Waals surface area contributed by atoms with E-state index >= 15 is 0 Å². The van der Waals surface area contributed by atoms with Gasteiger partial charge in [0.2, 0.25) is 0 Å². The van der Waals surface area contributed by atoms with Gasteiger partial charge in [0.25, 0.3) is 5.91 Å². The molecule has 0 radical (unpaired) electrons. The van der Waals surface area contributed by atoms with Gasteiger partial charge in [-0.05, 0) is 18.9 Å². The van der Waals surface area contributed by atoms with E-state index in [1.54, 1.807) is 12.4 Å². The SMILES string of the molecule is O=C(c1cncc(NC2CC2)c1)N1CCC2(CC1)OCCO2. The Bertz CT molecular complexity index is 558. The summed E-state index contributed by atoms with van der Waals surface area (Å²) in [6.45, 7) is 2.65. The average Bonchev–Trinajstić information content (AvgIpc) is 3.25. The van der Waals surface area contributed by atoms with E-state index in [0.29, 0.717) is 37.9 Å². The van der Waals surface area contributed by atoms with Crippen LogP contribution in [0.5, 0.6) is 0 Å². The molecule has 4 rings (SSSR count). The lowest BCUT2D eigenvalue weighted by atomic mass is 10.0. The highest BCUT2D eigenvalue weighted by Gasteiger charge is 2.40. The molecule has 3 fully saturated rings. The molecule has 1 N–H and O–H groups in total. The van der Waals surface area contributed by atoms with Crippen LogP contribution >= 0.6 is 0 Å². The number of ether oxygens (including phenoxy) is 2. The minimum absolute atomic E-state index is 0.0415. The van der Waals surface area contributed by atoms with Gasteiger partial charge in [0, 0.05) is 44.4 Å². The number of carbonyl (C=O) groups excluding carboxylic acids is 1. The van der Waals surface area contributed by atoms with E-state index in [1.165, 1.54) is 12.8 Å². The smallest absolute Gasteiger partial charge is 0.255 e. The molecule has 0 unspecified atom stereocenters. The number of amides is 1. The molecule has 3 heterocycles. The van der Waals surface area contributed by atoms with E-state index in [4.69, 9.17) is 9.47 Å². The van der Waals surface area contributed by atoms with Crippen molar-refractivity contribution < 1.29 is 14.3 Å². The fraction of sp³-hybridized carbons (Fsp3) is 0.625. The number of nitrogens with zero attached hydrogens (tertiary/aromatic N) is 2. The maximum atomic E-state index is 12.6. The molecule has 1 aromatic heterocycles. The maximum absolute atomic E-state index is 12.6. The summed E-state index contributed by atoms with van der Waals surface area (Å²) in [7, 11) is 0. The number of aromatic nitrogens is 1. The van der Waals surface area contributed by atoms with Crippen LogP contribution in [0.4, 0.5) is 5.69 Å². The van der Waals surface area contributed by atoms with Crippen LogP contribution in [0.1, 0.15) is 36.0 Å². The Morgan fingerprint density at radius 3 is 2.64 bits per heavy atom. The van der Waals surface area contributed by atoms with Crippen LogP contribution in [0.15, 0.2) is 18.5 Å². The van der Waals surface area contributed by atoms with Crippen LogP contribution in [0, 0.1) is 0 Å². The van der Waals surface area contributed by atoms with Gasteiger partial charge < -0.3 is 19.7 Å².